The Hall–Kier alpha value is -2.96. The van der Waals surface area contributed by atoms with Crippen molar-refractivity contribution in [2.75, 3.05) is 5.32 Å². The van der Waals surface area contributed by atoms with Gasteiger partial charge in [0.25, 0.3) is 5.91 Å². The number of rotatable bonds is 3. The van der Waals surface area contributed by atoms with Crippen molar-refractivity contribution in [1.29, 1.82) is 0 Å². The predicted octanol–water partition coefficient (Wildman–Crippen LogP) is 1.88. The van der Waals surface area contributed by atoms with Crippen molar-refractivity contribution in [1.82, 2.24) is 4.98 Å². The van der Waals surface area contributed by atoms with E-state index in [1.165, 1.54) is 18.3 Å². The van der Waals surface area contributed by atoms with Gasteiger partial charge < -0.3 is 15.5 Å². The summed E-state index contributed by atoms with van der Waals surface area (Å²) in [4.78, 5) is 26.3. The van der Waals surface area contributed by atoms with Crippen LogP contribution in [0.4, 0.5) is 10.1 Å². The summed E-state index contributed by atoms with van der Waals surface area (Å²) in [6.07, 6.45) is 2.42. The second-order valence-corrected chi connectivity index (χ2v) is 3.85. The van der Waals surface area contributed by atoms with E-state index in [0.29, 0.717) is 0 Å². The summed E-state index contributed by atoms with van der Waals surface area (Å²) in [6, 6.07) is 4.45. The number of hydrogen-bond acceptors (Lipinski definition) is 4. The quantitative estimate of drug-likeness (QED) is 0.794. The van der Waals surface area contributed by atoms with Crippen LogP contribution in [0.5, 0.6) is 5.75 Å². The van der Waals surface area contributed by atoms with Gasteiger partial charge in [-0.3, -0.25) is 9.78 Å². The highest BCUT2D eigenvalue weighted by Gasteiger charge is 2.14. The van der Waals surface area contributed by atoms with Crippen LogP contribution in [0.3, 0.4) is 0 Å². The molecule has 2 aromatic rings. The Kier molecular flexibility index (Phi) is 3.60. The first-order valence-corrected chi connectivity index (χ1v) is 5.46. The van der Waals surface area contributed by atoms with E-state index in [1.807, 2.05) is 0 Å². The van der Waals surface area contributed by atoms with Crippen molar-refractivity contribution in [3.8, 4) is 5.75 Å². The Morgan fingerprint density at radius 3 is 2.60 bits per heavy atom. The molecule has 1 amide bonds. The van der Waals surface area contributed by atoms with Crippen LogP contribution in [0.15, 0.2) is 36.7 Å². The minimum Gasteiger partial charge on any atom is -0.505 e. The van der Waals surface area contributed by atoms with Gasteiger partial charge in [0.15, 0.2) is 0 Å². The maximum absolute atomic E-state index is 13.2. The van der Waals surface area contributed by atoms with Crippen molar-refractivity contribution >= 4 is 17.6 Å². The largest absolute Gasteiger partial charge is 0.505 e. The minimum atomic E-state index is -1.44. The standard InChI is InChI=1S/C13H9FN2O4/c14-10-2-1-7(5-9(10)13(19)20)16-12(18)8-3-4-15-6-11(8)17/h1-6,17H,(H,16,18)(H,19,20). The maximum Gasteiger partial charge on any atom is 0.338 e. The van der Waals surface area contributed by atoms with E-state index in [9.17, 15) is 19.1 Å². The molecule has 1 aromatic carbocycles. The molecule has 0 aliphatic carbocycles. The molecule has 0 radical (unpaired) electrons. The summed E-state index contributed by atoms with van der Waals surface area (Å²) in [5, 5.41) is 20.6. The third kappa shape index (κ3) is 2.72. The number of nitrogens with one attached hydrogen (secondary N) is 1. The van der Waals surface area contributed by atoms with E-state index >= 15 is 0 Å². The van der Waals surface area contributed by atoms with Crippen LogP contribution in [0.1, 0.15) is 20.7 Å². The topological polar surface area (TPSA) is 99.5 Å². The second kappa shape index (κ2) is 5.35. The van der Waals surface area contributed by atoms with Gasteiger partial charge in [-0.25, -0.2) is 9.18 Å². The first-order valence-electron chi connectivity index (χ1n) is 5.46. The second-order valence-electron chi connectivity index (χ2n) is 3.85. The molecule has 0 aliphatic rings. The van der Waals surface area contributed by atoms with Crippen molar-refractivity contribution in [3.63, 3.8) is 0 Å². The molecule has 0 saturated carbocycles. The van der Waals surface area contributed by atoms with Crippen LogP contribution in [0.25, 0.3) is 0 Å². The van der Waals surface area contributed by atoms with Crippen LogP contribution in [-0.2, 0) is 0 Å². The number of aromatic carboxylic acids is 1. The van der Waals surface area contributed by atoms with Crippen molar-refractivity contribution in [2.45, 2.75) is 0 Å². The van der Waals surface area contributed by atoms with Gasteiger partial charge in [0.2, 0.25) is 0 Å². The number of carboxylic acid groups (broad SMARTS) is 1. The average Bonchev–Trinajstić information content (AvgIpc) is 2.41. The molecule has 0 atom stereocenters. The van der Waals surface area contributed by atoms with Crippen LogP contribution in [0, 0.1) is 5.82 Å². The Bertz CT molecular complexity index is 688. The van der Waals surface area contributed by atoms with Crippen LogP contribution in [-0.4, -0.2) is 27.1 Å². The fourth-order valence-corrected chi connectivity index (χ4v) is 1.54. The summed E-state index contributed by atoms with van der Waals surface area (Å²) < 4.78 is 13.2. The molecule has 0 fully saturated rings. The van der Waals surface area contributed by atoms with E-state index in [2.05, 4.69) is 10.3 Å². The van der Waals surface area contributed by atoms with E-state index < -0.39 is 23.3 Å². The molecular weight excluding hydrogens is 267 g/mol. The van der Waals surface area contributed by atoms with Crippen LogP contribution >= 0.6 is 0 Å². The molecule has 0 aliphatic heterocycles. The fraction of sp³-hybridized carbons (Fsp3) is 0. The molecule has 0 unspecified atom stereocenters. The third-order valence-electron chi connectivity index (χ3n) is 2.50. The zero-order chi connectivity index (χ0) is 14.7. The van der Waals surface area contributed by atoms with Gasteiger partial charge in [-0.1, -0.05) is 0 Å². The molecule has 20 heavy (non-hydrogen) atoms. The lowest BCUT2D eigenvalue weighted by molar-refractivity contribution is 0.0691. The monoisotopic (exact) mass is 276 g/mol. The van der Waals surface area contributed by atoms with E-state index in [4.69, 9.17) is 5.11 Å². The van der Waals surface area contributed by atoms with Crippen LogP contribution in [0.2, 0.25) is 0 Å². The van der Waals surface area contributed by atoms with Crippen molar-refractivity contribution in [3.05, 3.63) is 53.6 Å². The number of pyridine rings is 1. The number of hydrogen-bond donors (Lipinski definition) is 3. The molecule has 0 spiro atoms. The normalized spacial score (nSPS) is 10.1. The lowest BCUT2D eigenvalue weighted by atomic mass is 10.1. The number of halogens is 1. The molecule has 1 heterocycles. The minimum absolute atomic E-state index is 0.0267. The number of carbonyl (C=O) groups is 2. The molecule has 102 valence electrons. The molecular formula is C13H9FN2O4. The number of benzene rings is 1. The summed E-state index contributed by atoms with van der Waals surface area (Å²) >= 11 is 0. The zero-order valence-corrected chi connectivity index (χ0v) is 10.0. The van der Waals surface area contributed by atoms with Gasteiger partial charge in [0.1, 0.15) is 11.6 Å². The smallest absolute Gasteiger partial charge is 0.338 e. The zero-order valence-electron chi connectivity index (χ0n) is 10.0. The summed E-state index contributed by atoms with van der Waals surface area (Å²) in [6.45, 7) is 0. The molecule has 0 saturated heterocycles. The number of carbonyl (C=O) groups excluding carboxylic acids is 1. The Balaban J connectivity index is 2.27. The predicted molar refractivity (Wildman–Crippen MR) is 67.2 cm³/mol. The van der Waals surface area contributed by atoms with Gasteiger partial charge in [-0.15, -0.1) is 0 Å². The fourth-order valence-electron chi connectivity index (χ4n) is 1.54. The molecule has 0 bridgehead atoms. The van der Waals surface area contributed by atoms with Gasteiger partial charge in [0.05, 0.1) is 17.3 Å². The molecule has 6 nitrogen and oxygen atoms in total. The summed E-state index contributed by atoms with van der Waals surface area (Å²) in [7, 11) is 0. The first kappa shape index (κ1) is 13.5. The highest BCUT2D eigenvalue weighted by atomic mass is 19.1. The van der Waals surface area contributed by atoms with Gasteiger partial charge in [-0.2, -0.15) is 0 Å². The number of nitrogens with zero attached hydrogens (tertiary/aromatic N) is 1. The van der Waals surface area contributed by atoms with Gasteiger partial charge in [-0.05, 0) is 24.3 Å². The highest BCUT2D eigenvalue weighted by molar-refractivity contribution is 6.06. The number of anilines is 1. The number of amides is 1. The SMILES string of the molecule is O=C(Nc1ccc(F)c(C(=O)O)c1)c1ccncc1O. The molecule has 7 heteroatoms. The molecule has 1 aromatic heterocycles. The number of aromatic hydroxyl groups is 1. The van der Waals surface area contributed by atoms with Gasteiger partial charge >= 0.3 is 5.97 Å². The number of carboxylic acids is 1. The van der Waals surface area contributed by atoms with E-state index in [-0.39, 0.29) is 17.0 Å². The highest BCUT2D eigenvalue weighted by Crippen LogP contribution is 2.19. The van der Waals surface area contributed by atoms with Gasteiger partial charge in [0, 0.05) is 11.9 Å². The number of aromatic nitrogens is 1. The van der Waals surface area contributed by atoms with Crippen LogP contribution < -0.4 is 5.32 Å². The Morgan fingerprint density at radius 2 is 1.95 bits per heavy atom. The Labute approximate surface area is 112 Å². The van der Waals surface area contributed by atoms with Crippen molar-refractivity contribution in [2.24, 2.45) is 0 Å². The Morgan fingerprint density at radius 1 is 1.20 bits per heavy atom. The molecule has 3 N–H and O–H groups in total. The maximum atomic E-state index is 13.2. The lowest BCUT2D eigenvalue weighted by Gasteiger charge is -2.07. The lowest BCUT2D eigenvalue weighted by Crippen LogP contribution is -2.13. The summed E-state index contributed by atoms with van der Waals surface area (Å²) in [5.41, 5.74) is -0.479. The summed E-state index contributed by atoms with van der Waals surface area (Å²) in [5.74, 6) is -3.31. The molecule has 2 rings (SSSR count). The third-order valence-corrected chi connectivity index (χ3v) is 2.50. The van der Waals surface area contributed by atoms with Crippen molar-refractivity contribution < 1.29 is 24.2 Å². The average molecular weight is 276 g/mol. The van der Waals surface area contributed by atoms with E-state index in [0.717, 1.165) is 18.3 Å². The van der Waals surface area contributed by atoms with E-state index in [1.54, 1.807) is 0 Å². The first-order chi connectivity index (χ1) is 9.49.